The van der Waals surface area contributed by atoms with Crippen molar-refractivity contribution < 1.29 is 24.0 Å². The number of ether oxygens (including phenoxy) is 2. The molecule has 130 valence electrons. The number of benzene rings is 2. The van der Waals surface area contributed by atoms with Crippen LogP contribution < -0.4 is 10.1 Å². The Morgan fingerprint density at radius 2 is 1.80 bits per heavy atom. The van der Waals surface area contributed by atoms with Crippen molar-refractivity contribution in [3.05, 3.63) is 64.2 Å². The first-order valence-corrected chi connectivity index (χ1v) is 7.45. The van der Waals surface area contributed by atoms with E-state index in [9.17, 15) is 19.7 Å². The molecule has 1 amide bonds. The van der Waals surface area contributed by atoms with Crippen LogP contribution in [-0.4, -0.2) is 30.0 Å². The second kappa shape index (κ2) is 8.44. The highest BCUT2D eigenvalue weighted by molar-refractivity contribution is 5.98. The zero-order chi connectivity index (χ0) is 18.2. The van der Waals surface area contributed by atoms with E-state index in [0.29, 0.717) is 18.0 Å². The van der Waals surface area contributed by atoms with Gasteiger partial charge in [0.15, 0.2) is 6.61 Å². The largest absolute Gasteiger partial charge is 0.492 e. The van der Waals surface area contributed by atoms with E-state index >= 15 is 0 Å². The number of nitro groups is 1. The number of nitrogens with zero attached hydrogens (tertiary/aromatic N) is 1. The minimum atomic E-state index is -0.944. The molecule has 8 heteroatoms. The zero-order valence-corrected chi connectivity index (χ0v) is 13.4. The highest BCUT2D eigenvalue weighted by Crippen LogP contribution is 2.23. The van der Waals surface area contributed by atoms with Gasteiger partial charge in [0.05, 0.1) is 17.2 Å². The van der Waals surface area contributed by atoms with Crippen LogP contribution in [0.3, 0.4) is 0 Å². The molecule has 1 N–H and O–H groups in total. The predicted molar refractivity (Wildman–Crippen MR) is 89.6 cm³/mol. The fourth-order valence-electron chi connectivity index (χ4n) is 2.05. The summed E-state index contributed by atoms with van der Waals surface area (Å²) < 4.78 is 10.2. The summed E-state index contributed by atoms with van der Waals surface area (Å²) in [6, 6.07) is 12.2. The molecular weight excluding hydrogens is 328 g/mol. The normalized spacial score (nSPS) is 9.96. The Morgan fingerprint density at radius 3 is 2.52 bits per heavy atom. The number of nitro benzene ring substituents is 1. The van der Waals surface area contributed by atoms with E-state index in [0.717, 1.165) is 0 Å². The minimum absolute atomic E-state index is 0.213. The van der Waals surface area contributed by atoms with Crippen LogP contribution in [-0.2, 0) is 9.53 Å². The number of para-hydroxylation sites is 3. The summed E-state index contributed by atoms with van der Waals surface area (Å²) in [5.74, 6) is -1.04. The molecule has 0 heterocycles. The summed E-state index contributed by atoms with van der Waals surface area (Å²) in [6.45, 7) is 1.66. The standard InChI is InChI=1S/C17H16N2O6/c1-2-24-15-10-6-4-8-13(15)18-16(20)11-25-17(21)12-7-3-5-9-14(12)19(22)23/h3-10H,2,11H2,1H3,(H,18,20). The Labute approximate surface area is 143 Å². The lowest BCUT2D eigenvalue weighted by molar-refractivity contribution is -0.385. The van der Waals surface area contributed by atoms with Gasteiger partial charge < -0.3 is 14.8 Å². The van der Waals surface area contributed by atoms with Gasteiger partial charge in [-0.3, -0.25) is 14.9 Å². The number of carbonyl (C=O) groups excluding carboxylic acids is 2. The number of hydrogen-bond acceptors (Lipinski definition) is 6. The van der Waals surface area contributed by atoms with Gasteiger partial charge in [-0.1, -0.05) is 24.3 Å². The van der Waals surface area contributed by atoms with Crippen molar-refractivity contribution in [2.24, 2.45) is 0 Å². The van der Waals surface area contributed by atoms with Gasteiger partial charge in [0, 0.05) is 6.07 Å². The Morgan fingerprint density at radius 1 is 1.12 bits per heavy atom. The second-order valence-electron chi connectivity index (χ2n) is 4.83. The molecule has 2 aromatic rings. The van der Waals surface area contributed by atoms with Crippen molar-refractivity contribution in [1.29, 1.82) is 0 Å². The predicted octanol–water partition coefficient (Wildman–Crippen LogP) is 2.79. The van der Waals surface area contributed by atoms with Crippen LogP contribution in [0.15, 0.2) is 48.5 Å². The van der Waals surface area contributed by atoms with E-state index in [-0.39, 0.29) is 11.3 Å². The van der Waals surface area contributed by atoms with E-state index in [4.69, 9.17) is 9.47 Å². The van der Waals surface area contributed by atoms with E-state index in [2.05, 4.69) is 5.32 Å². The molecule has 2 aromatic carbocycles. The molecule has 25 heavy (non-hydrogen) atoms. The van der Waals surface area contributed by atoms with Crippen LogP contribution in [0.4, 0.5) is 11.4 Å². The molecule has 0 saturated heterocycles. The van der Waals surface area contributed by atoms with Crippen LogP contribution in [0.1, 0.15) is 17.3 Å². The van der Waals surface area contributed by atoms with Gasteiger partial charge in [0.25, 0.3) is 11.6 Å². The Bertz CT molecular complexity index is 790. The molecule has 0 aromatic heterocycles. The SMILES string of the molecule is CCOc1ccccc1NC(=O)COC(=O)c1ccccc1[N+](=O)[O-]. The lowest BCUT2D eigenvalue weighted by Gasteiger charge is -2.11. The van der Waals surface area contributed by atoms with Gasteiger partial charge in [-0.05, 0) is 25.1 Å². The number of hydrogen-bond donors (Lipinski definition) is 1. The molecule has 0 saturated carbocycles. The summed E-state index contributed by atoms with van der Waals surface area (Å²) in [4.78, 5) is 34.1. The summed E-state index contributed by atoms with van der Waals surface area (Å²) in [6.07, 6.45) is 0. The van der Waals surface area contributed by atoms with Crippen molar-refractivity contribution in [2.75, 3.05) is 18.5 Å². The molecule has 0 unspecified atom stereocenters. The Hall–Kier alpha value is -3.42. The van der Waals surface area contributed by atoms with E-state index in [1.54, 1.807) is 24.3 Å². The third kappa shape index (κ3) is 4.77. The van der Waals surface area contributed by atoms with E-state index < -0.39 is 23.4 Å². The van der Waals surface area contributed by atoms with Crippen LogP contribution in [0.5, 0.6) is 5.75 Å². The maximum atomic E-state index is 12.0. The van der Waals surface area contributed by atoms with Crippen molar-refractivity contribution in [2.45, 2.75) is 6.92 Å². The molecule has 2 rings (SSSR count). The van der Waals surface area contributed by atoms with E-state index in [1.165, 1.54) is 24.3 Å². The molecule has 8 nitrogen and oxygen atoms in total. The number of amides is 1. The average molecular weight is 344 g/mol. The molecular formula is C17H16N2O6. The first kappa shape index (κ1) is 17.9. The molecule has 0 fully saturated rings. The van der Waals surface area contributed by atoms with Crippen LogP contribution in [0.2, 0.25) is 0 Å². The maximum Gasteiger partial charge on any atom is 0.345 e. The van der Waals surface area contributed by atoms with Gasteiger partial charge in [-0.15, -0.1) is 0 Å². The van der Waals surface area contributed by atoms with E-state index in [1.807, 2.05) is 6.92 Å². The second-order valence-corrected chi connectivity index (χ2v) is 4.83. The summed E-state index contributed by atoms with van der Waals surface area (Å²) >= 11 is 0. The van der Waals surface area contributed by atoms with Crippen LogP contribution in [0, 0.1) is 10.1 Å². The summed E-state index contributed by atoms with van der Waals surface area (Å²) in [5.41, 5.74) is -0.152. The Balaban J connectivity index is 1.99. The van der Waals surface area contributed by atoms with Crippen molar-refractivity contribution in [3.8, 4) is 5.75 Å². The van der Waals surface area contributed by atoms with Crippen molar-refractivity contribution >= 4 is 23.3 Å². The van der Waals surface area contributed by atoms with Crippen molar-refractivity contribution in [1.82, 2.24) is 0 Å². The molecule has 0 atom stereocenters. The quantitative estimate of drug-likeness (QED) is 0.470. The van der Waals surface area contributed by atoms with Gasteiger partial charge in [-0.2, -0.15) is 0 Å². The number of esters is 1. The highest BCUT2D eigenvalue weighted by Gasteiger charge is 2.21. The highest BCUT2D eigenvalue weighted by atomic mass is 16.6. The number of rotatable bonds is 7. The molecule has 0 aliphatic carbocycles. The minimum Gasteiger partial charge on any atom is -0.492 e. The monoisotopic (exact) mass is 344 g/mol. The number of nitrogens with one attached hydrogen (secondary N) is 1. The molecule has 0 bridgehead atoms. The van der Waals surface area contributed by atoms with Gasteiger partial charge in [-0.25, -0.2) is 4.79 Å². The number of anilines is 1. The fourth-order valence-corrected chi connectivity index (χ4v) is 2.05. The van der Waals surface area contributed by atoms with Crippen LogP contribution in [0.25, 0.3) is 0 Å². The summed E-state index contributed by atoms with van der Waals surface area (Å²) in [7, 11) is 0. The topological polar surface area (TPSA) is 108 Å². The smallest absolute Gasteiger partial charge is 0.345 e. The van der Waals surface area contributed by atoms with Gasteiger partial charge >= 0.3 is 5.97 Å². The molecule has 0 radical (unpaired) electrons. The van der Waals surface area contributed by atoms with Gasteiger partial charge in [0.1, 0.15) is 11.3 Å². The first-order valence-electron chi connectivity index (χ1n) is 7.45. The van der Waals surface area contributed by atoms with Crippen molar-refractivity contribution in [3.63, 3.8) is 0 Å². The lowest BCUT2D eigenvalue weighted by Crippen LogP contribution is -2.21. The lowest BCUT2D eigenvalue weighted by atomic mass is 10.2. The molecule has 0 aliphatic heterocycles. The third-order valence-corrected chi connectivity index (χ3v) is 3.12. The summed E-state index contributed by atoms with van der Waals surface area (Å²) in [5, 5.41) is 13.5. The molecule has 0 spiro atoms. The Kier molecular flexibility index (Phi) is 6.05. The maximum absolute atomic E-state index is 12.0. The third-order valence-electron chi connectivity index (χ3n) is 3.12. The fraction of sp³-hybridized carbons (Fsp3) is 0.176. The number of carbonyl (C=O) groups is 2. The first-order chi connectivity index (χ1) is 12.0. The average Bonchev–Trinajstić information content (AvgIpc) is 2.61. The van der Waals surface area contributed by atoms with Crippen LogP contribution >= 0.6 is 0 Å². The van der Waals surface area contributed by atoms with Gasteiger partial charge in [0.2, 0.25) is 0 Å². The zero-order valence-electron chi connectivity index (χ0n) is 13.4. The molecule has 0 aliphatic rings.